The van der Waals surface area contributed by atoms with Crippen LogP contribution in [0.4, 0.5) is 11.5 Å². The number of sulfonamides is 1. The third-order valence-corrected chi connectivity index (χ3v) is 5.51. The lowest BCUT2D eigenvalue weighted by atomic mass is 10.3. The number of anilines is 2. The number of nitrogens with two attached hydrogens (primary N) is 1. The molecule has 0 aromatic carbocycles. The molecule has 0 saturated carbocycles. The summed E-state index contributed by atoms with van der Waals surface area (Å²) < 4.78 is 25.9. The third kappa shape index (κ3) is 3.61. The Kier molecular flexibility index (Phi) is 4.49. The van der Waals surface area contributed by atoms with Crippen LogP contribution in [0.5, 0.6) is 0 Å². The minimum atomic E-state index is -3.13. The summed E-state index contributed by atoms with van der Waals surface area (Å²) in [6.45, 7) is 6.20. The molecule has 1 aliphatic rings. The molecule has 1 aromatic heterocycles. The number of piperazine rings is 1. The summed E-state index contributed by atoms with van der Waals surface area (Å²) >= 11 is 0. The Morgan fingerprint density at radius 2 is 1.90 bits per heavy atom. The molecule has 2 N–H and O–H groups in total. The maximum absolute atomic E-state index is 12.2. The zero-order chi connectivity index (χ0) is 14.8. The van der Waals surface area contributed by atoms with Crippen molar-refractivity contribution in [1.29, 1.82) is 0 Å². The number of nitrogens with zero attached hydrogens (tertiary/aromatic N) is 3. The van der Waals surface area contributed by atoms with E-state index in [0.29, 0.717) is 31.9 Å². The molecule has 0 radical (unpaired) electrons. The number of pyridine rings is 1. The fourth-order valence-electron chi connectivity index (χ4n) is 2.31. The first-order valence-electron chi connectivity index (χ1n) is 6.83. The maximum Gasteiger partial charge on any atom is 0.214 e. The molecule has 112 valence electrons. The van der Waals surface area contributed by atoms with Gasteiger partial charge in [-0.1, -0.05) is 13.8 Å². The summed E-state index contributed by atoms with van der Waals surface area (Å²) in [5, 5.41) is 0. The largest absolute Gasteiger partial charge is 0.397 e. The van der Waals surface area contributed by atoms with Crippen LogP contribution in [-0.2, 0) is 10.0 Å². The predicted octanol–water partition coefficient (Wildman–Crippen LogP) is 0.772. The van der Waals surface area contributed by atoms with E-state index in [4.69, 9.17) is 5.73 Å². The van der Waals surface area contributed by atoms with Crippen molar-refractivity contribution in [2.75, 3.05) is 42.6 Å². The first-order chi connectivity index (χ1) is 9.38. The number of hydrogen-bond donors (Lipinski definition) is 1. The van der Waals surface area contributed by atoms with E-state index in [1.54, 1.807) is 10.5 Å². The number of aromatic nitrogens is 1. The van der Waals surface area contributed by atoms with Crippen LogP contribution in [0.15, 0.2) is 18.3 Å². The average molecular weight is 298 g/mol. The summed E-state index contributed by atoms with van der Waals surface area (Å²) in [5.41, 5.74) is 6.24. The van der Waals surface area contributed by atoms with Crippen LogP contribution in [0.2, 0.25) is 0 Å². The fraction of sp³-hybridized carbons (Fsp3) is 0.615. The summed E-state index contributed by atoms with van der Waals surface area (Å²) in [5.74, 6) is 1.21. The van der Waals surface area contributed by atoms with Crippen molar-refractivity contribution in [2.45, 2.75) is 13.8 Å². The molecule has 0 unspecified atom stereocenters. The van der Waals surface area contributed by atoms with Gasteiger partial charge in [0, 0.05) is 26.2 Å². The second kappa shape index (κ2) is 5.97. The molecule has 0 spiro atoms. The van der Waals surface area contributed by atoms with Gasteiger partial charge in [-0.2, -0.15) is 4.31 Å². The normalized spacial score (nSPS) is 17.6. The second-order valence-corrected chi connectivity index (χ2v) is 7.52. The Morgan fingerprint density at radius 1 is 1.25 bits per heavy atom. The summed E-state index contributed by atoms with van der Waals surface area (Å²) in [6, 6.07) is 3.68. The van der Waals surface area contributed by atoms with E-state index >= 15 is 0 Å². The second-order valence-electron chi connectivity index (χ2n) is 5.51. The minimum Gasteiger partial charge on any atom is -0.397 e. The van der Waals surface area contributed by atoms with Crippen LogP contribution < -0.4 is 10.6 Å². The molecule has 0 atom stereocenters. The Labute approximate surface area is 120 Å². The van der Waals surface area contributed by atoms with E-state index < -0.39 is 10.0 Å². The van der Waals surface area contributed by atoms with Gasteiger partial charge in [-0.25, -0.2) is 13.4 Å². The van der Waals surface area contributed by atoms with Gasteiger partial charge in [-0.3, -0.25) is 0 Å². The number of rotatable bonds is 4. The van der Waals surface area contributed by atoms with Crippen molar-refractivity contribution in [3.8, 4) is 0 Å². The Hall–Kier alpha value is -1.34. The highest BCUT2D eigenvalue weighted by atomic mass is 32.2. The molecule has 0 amide bonds. The molecule has 1 aliphatic heterocycles. The van der Waals surface area contributed by atoms with Crippen LogP contribution in [0.3, 0.4) is 0 Å². The molecular formula is C13H22N4O2S. The SMILES string of the molecule is CC(C)CS(=O)(=O)N1CCN(c2ccc(N)cn2)CC1. The lowest BCUT2D eigenvalue weighted by Gasteiger charge is -2.35. The fourth-order valence-corrected chi connectivity index (χ4v) is 4.08. The smallest absolute Gasteiger partial charge is 0.214 e. The van der Waals surface area contributed by atoms with Crippen LogP contribution in [0.25, 0.3) is 0 Å². The zero-order valence-corrected chi connectivity index (χ0v) is 12.8. The standard InChI is InChI=1S/C13H22N4O2S/c1-11(2)10-20(18,19)17-7-5-16(6-8-17)13-4-3-12(14)9-15-13/h3-4,9,11H,5-8,10,14H2,1-2H3. The van der Waals surface area contributed by atoms with Crippen LogP contribution in [0, 0.1) is 5.92 Å². The molecule has 2 heterocycles. The van der Waals surface area contributed by atoms with Gasteiger partial charge in [0.2, 0.25) is 10.0 Å². The van der Waals surface area contributed by atoms with Gasteiger partial charge in [0.25, 0.3) is 0 Å². The summed E-state index contributed by atoms with van der Waals surface area (Å²) in [6.07, 6.45) is 1.62. The zero-order valence-electron chi connectivity index (χ0n) is 12.0. The quantitative estimate of drug-likeness (QED) is 0.888. The summed E-state index contributed by atoms with van der Waals surface area (Å²) in [4.78, 5) is 6.35. The first-order valence-corrected chi connectivity index (χ1v) is 8.44. The van der Waals surface area contributed by atoms with Gasteiger partial charge in [0.1, 0.15) is 5.82 Å². The number of nitrogen functional groups attached to an aromatic ring is 1. The lowest BCUT2D eigenvalue weighted by Crippen LogP contribution is -2.49. The van der Waals surface area contributed by atoms with Crippen molar-refractivity contribution < 1.29 is 8.42 Å². The van der Waals surface area contributed by atoms with Gasteiger partial charge in [0.15, 0.2) is 0 Å². The lowest BCUT2D eigenvalue weighted by molar-refractivity contribution is 0.381. The molecule has 1 saturated heterocycles. The molecule has 20 heavy (non-hydrogen) atoms. The van der Waals surface area contributed by atoms with E-state index in [1.807, 2.05) is 26.0 Å². The van der Waals surface area contributed by atoms with Gasteiger partial charge < -0.3 is 10.6 Å². The van der Waals surface area contributed by atoms with Crippen molar-refractivity contribution in [3.05, 3.63) is 18.3 Å². The average Bonchev–Trinajstić information content (AvgIpc) is 2.38. The predicted molar refractivity (Wildman–Crippen MR) is 81.1 cm³/mol. The Balaban J connectivity index is 1.97. The van der Waals surface area contributed by atoms with E-state index in [1.165, 1.54) is 0 Å². The van der Waals surface area contributed by atoms with E-state index in [0.717, 1.165) is 5.82 Å². The topological polar surface area (TPSA) is 79.5 Å². The van der Waals surface area contributed by atoms with Crippen molar-refractivity contribution in [3.63, 3.8) is 0 Å². The van der Waals surface area contributed by atoms with Gasteiger partial charge in [-0.05, 0) is 18.1 Å². The highest BCUT2D eigenvalue weighted by Gasteiger charge is 2.27. The van der Waals surface area contributed by atoms with Crippen molar-refractivity contribution >= 4 is 21.5 Å². The maximum atomic E-state index is 12.2. The third-order valence-electron chi connectivity index (χ3n) is 3.27. The molecule has 2 rings (SSSR count). The minimum absolute atomic E-state index is 0.150. The first kappa shape index (κ1) is 15.1. The molecule has 1 fully saturated rings. The molecular weight excluding hydrogens is 276 g/mol. The van der Waals surface area contributed by atoms with E-state index in [2.05, 4.69) is 9.88 Å². The highest BCUT2D eigenvalue weighted by molar-refractivity contribution is 7.89. The van der Waals surface area contributed by atoms with Crippen molar-refractivity contribution in [2.24, 2.45) is 5.92 Å². The van der Waals surface area contributed by atoms with Crippen LogP contribution in [0.1, 0.15) is 13.8 Å². The van der Waals surface area contributed by atoms with Gasteiger partial charge in [0.05, 0.1) is 17.6 Å². The molecule has 0 bridgehead atoms. The molecule has 6 nitrogen and oxygen atoms in total. The van der Waals surface area contributed by atoms with Gasteiger partial charge in [-0.15, -0.1) is 0 Å². The highest BCUT2D eigenvalue weighted by Crippen LogP contribution is 2.17. The van der Waals surface area contributed by atoms with Crippen LogP contribution >= 0.6 is 0 Å². The Morgan fingerprint density at radius 3 is 2.40 bits per heavy atom. The number of hydrogen-bond acceptors (Lipinski definition) is 5. The van der Waals surface area contributed by atoms with E-state index in [-0.39, 0.29) is 11.7 Å². The molecule has 7 heteroatoms. The monoisotopic (exact) mass is 298 g/mol. The van der Waals surface area contributed by atoms with Crippen molar-refractivity contribution in [1.82, 2.24) is 9.29 Å². The van der Waals surface area contributed by atoms with E-state index in [9.17, 15) is 8.42 Å². The summed E-state index contributed by atoms with van der Waals surface area (Å²) in [7, 11) is -3.13. The molecule has 1 aromatic rings. The molecule has 0 aliphatic carbocycles. The Bertz CT molecular complexity index is 534. The van der Waals surface area contributed by atoms with Crippen LogP contribution in [-0.4, -0.2) is 49.6 Å². The van der Waals surface area contributed by atoms with Gasteiger partial charge >= 0.3 is 0 Å².